The Labute approximate surface area is 177 Å². The van der Waals surface area contributed by atoms with Crippen LogP contribution in [-0.4, -0.2) is 25.7 Å². The number of fused-ring (bicyclic) bond motifs is 2. The van der Waals surface area contributed by atoms with E-state index in [9.17, 15) is 9.59 Å². The van der Waals surface area contributed by atoms with Crippen molar-refractivity contribution in [3.8, 4) is 0 Å². The molecule has 9 heteroatoms. The molecule has 4 rings (SSSR count). The van der Waals surface area contributed by atoms with Crippen LogP contribution in [0.1, 0.15) is 71.5 Å². The molecule has 7 nitrogen and oxygen atoms in total. The Hall–Kier alpha value is -2.13. The van der Waals surface area contributed by atoms with Gasteiger partial charge >= 0.3 is 0 Å². The lowest BCUT2D eigenvalue weighted by molar-refractivity contribution is 0.103. The maximum atomic E-state index is 13.0. The summed E-state index contributed by atoms with van der Waals surface area (Å²) in [5.74, 6) is 0.593. The summed E-state index contributed by atoms with van der Waals surface area (Å²) < 4.78 is 1.80. The minimum absolute atomic E-state index is 0.0196. The minimum atomic E-state index is -0.249. The number of hydrogen-bond acceptors (Lipinski definition) is 7. The number of unbranched alkanes of at least 4 members (excludes halogenated alkanes) is 2. The zero-order chi connectivity index (χ0) is 20.4. The van der Waals surface area contributed by atoms with Gasteiger partial charge in [0.25, 0.3) is 11.5 Å². The van der Waals surface area contributed by atoms with E-state index in [1.165, 1.54) is 22.7 Å². The average molecular weight is 432 g/mol. The van der Waals surface area contributed by atoms with E-state index < -0.39 is 0 Å². The van der Waals surface area contributed by atoms with Crippen LogP contribution in [-0.2, 0) is 19.4 Å². The molecule has 0 fully saturated rings. The van der Waals surface area contributed by atoms with Gasteiger partial charge in [-0.3, -0.25) is 19.5 Å². The van der Waals surface area contributed by atoms with Crippen molar-refractivity contribution in [1.82, 2.24) is 19.7 Å². The molecule has 0 unspecified atom stereocenters. The number of aryl methyl sites for hydroxylation is 3. The lowest BCUT2D eigenvalue weighted by atomic mass is 10.2. The van der Waals surface area contributed by atoms with Gasteiger partial charge in [-0.2, -0.15) is 0 Å². The summed E-state index contributed by atoms with van der Waals surface area (Å²) in [5.41, 5.74) is 0.682. The molecule has 0 spiro atoms. The highest BCUT2D eigenvalue weighted by Gasteiger charge is 2.23. The number of nitrogens with zero attached hydrogens (tertiary/aromatic N) is 4. The van der Waals surface area contributed by atoms with Crippen LogP contribution in [0.2, 0.25) is 0 Å². The Balaban J connectivity index is 1.59. The molecule has 1 aliphatic rings. The summed E-state index contributed by atoms with van der Waals surface area (Å²) in [6.07, 6.45) is 8.26. The second-order valence-corrected chi connectivity index (χ2v) is 9.51. The number of aromatic nitrogens is 4. The van der Waals surface area contributed by atoms with Crippen LogP contribution in [0.15, 0.2) is 4.79 Å². The Morgan fingerprint density at radius 3 is 2.86 bits per heavy atom. The van der Waals surface area contributed by atoms with Crippen molar-refractivity contribution in [2.45, 2.75) is 71.8 Å². The molecule has 1 aliphatic heterocycles. The predicted octanol–water partition coefficient (Wildman–Crippen LogP) is 4.33. The molecule has 1 amide bonds. The number of rotatable bonds is 6. The van der Waals surface area contributed by atoms with Gasteiger partial charge in [0.15, 0.2) is 0 Å². The van der Waals surface area contributed by atoms with Gasteiger partial charge in [-0.15, -0.1) is 21.5 Å². The molecule has 3 aromatic heterocycles. The van der Waals surface area contributed by atoms with Crippen molar-refractivity contribution < 1.29 is 4.79 Å². The van der Waals surface area contributed by atoms with Crippen molar-refractivity contribution in [3.05, 3.63) is 31.6 Å². The zero-order valence-electron chi connectivity index (χ0n) is 16.8. The molecule has 3 aromatic rings. The SMILES string of the molecule is CCCCCc1nnc(NC(=O)c2sc3nc4n(c(=O)c3c2C)CCCCC4)s1. The smallest absolute Gasteiger partial charge is 0.267 e. The molecular formula is C20H25N5O2S2. The van der Waals surface area contributed by atoms with E-state index in [0.29, 0.717) is 32.3 Å². The third-order valence-corrected chi connectivity index (χ3v) is 7.38. The number of nitrogens with one attached hydrogen (secondary N) is 1. The van der Waals surface area contributed by atoms with Gasteiger partial charge in [0.2, 0.25) is 5.13 Å². The lowest BCUT2D eigenvalue weighted by Crippen LogP contribution is -2.24. The number of hydrogen-bond donors (Lipinski definition) is 1. The van der Waals surface area contributed by atoms with E-state index in [1.807, 2.05) is 6.92 Å². The number of carbonyl (C=O) groups is 1. The first-order chi connectivity index (χ1) is 14.1. The van der Waals surface area contributed by atoms with Gasteiger partial charge in [0, 0.05) is 19.4 Å². The van der Waals surface area contributed by atoms with Crippen molar-refractivity contribution in [3.63, 3.8) is 0 Å². The molecule has 0 bridgehead atoms. The topological polar surface area (TPSA) is 89.8 Å². The second-order valence-electron chi connectivity index (χ2n) is 7.44. The Bertz CT molecular complexity index is 1100. The van der Waals surface area contributed by atoms with Crippen LogP contribution in [0.25, 0.3) is 10.2 Å². The molecule has 0 atom stereocenters. The molecule has 0 radical (unpaired) electrons. The summed E-state index contributed by atoms with van der Waals surface area (Å²) in [5, 5.41) is 13.1. The summed E-state index contributed by atoms with van der Waals surface area (Å²) in [6.45, 7) is 4.70. The summed E-state index contributed by atoms with van der Waals surface area (Å²) in [7, 11) is 0. The van der Waals surface area contributed by atoms with Crippen molar-refractivity contribution in [2.24, 2.45) is 0 Å². The highest BCUT2D eigenvalue weighted by Crippen LogP contribution is 2.29. The Morgan fingerprint density at radius 1 is 1.17 bits per heavy atom. The molecule has 29 heavy (non-hydrogen) atoms. The zero-order valence-corrected chi connectivity index (χ0v) is 18.4. The van der Waals surface area contributed by atoms with Gasteiger partial charge < -0.3 is 0 Å². The number of anilines is 1. The van der Waals surface area contributed by atoms with Crippen molar-refractivity contribution >= 4 is 43.9 Å². The van der Waals surface area contributed by atoms with Crippen LogP contribution in [0.3, 0.4) is 0 Å². The van der Waals surface area contributed by atoms with Gasteiger partial charge in [0.05, 0.1) is 10.3 Å². The van der Waals surface area contributed by atoms with Gasteiger partial charge in [0.1, 0.15) is 15.7 Å². The monoisotopic (exact) mass is 431 g/mol. The molecule has 154 valence electrons. The first-order valence-electron chi connectivity index (χ1n) is 10.2. The lowest BCUT2D eigenvalue weighted by Gasteiger charge is -2.08. The Morgan fingerprint density at radius 2 is 2.03 bits per heavy atom. The minimum Gasteiger partial charge on any atom is -0.296 e. The van der Waals surface area contributed by atoms with E-state index >= 15 is 0 Å². The number of thiophene rings is 1. The molecular weight excluding hydrogens is 406 g/mol. The maximum absolute atomic E-state index is 13.0. The average Bonchev–Trinajstić information content (AvgIpc) is 3.18. The van der Waals surface area contributed by atoms with Crippen LogP contribution in [0.5, 0.6) is 0 Å². The first-order valence-corrected chi connectivity index (χ1v) is 11.9. The van der Waals surface area contributed by atoms with Gasteiger partial charge in [-0.1, -0.05) is 37.5 Å². The largest absolute Gasteiger partial charge is 0.296 e. The second kappa shape index (κ2) is 8.71. The highest BCUT2D eigenvalue weighted by molar-refractivity contribution is 7.21. The molecule has 1 N–H and O–H groups in total. The standard InChI is InChI=1S/C20H25N5O2S2/c1-3-4-6-10-14-23-24-20(28-14)22-17(26)16-12(2)15-18(29-16)21-13-9-7-5-8-11-25(13)19(15)27/h3-11H2,1-2H3,(H,22,24,26). The molecule has 0 aromatic carbocycles. The van der Waals surface area contributed by atoms with Crippen LogP contribution in [0, 0.1) is 6.92 Å². The van der Waals surface area contributed by atoms with Crippen molar-refractivity contribution in [2.75, 3.05) is 5.32 Å². The van der Waals surface area contributed by atoms with E-state index in [1.54, 1.807) is 4.57 Å². The fraction of sp³-hybridized carbons (Fsp3) is 0.550. The fourth-order valence-corrected chi connectivity index (χ4v) is 5.57. The van der Waals surface area contributed by atoms with Crippen LogP contribution < -0.4 is 10.9 Å². The van der Waals surface area contributed by atoms with Crippen molar-refractivity contribution in [1.29, 1.82) is 0 Å². The predicted molar refractivity (Wildman–Crippen MR) is 117 cm³/mol. The van der Waals surface area contributed by atoms with E-state index in [4.69, 9.17) is 4.98 Å². The maximum Gasteiger partial charge on any atom is 0.267 e. The number of carbonyl (C=O) groups excluding carboxylic acids is 1. The van der Waals surface area contributed by atoms with Gasteiger partial charge in [-0.05, 0) is 31.7 Å². The molecule has 4 heterocycles. The fourth-order valence-electron chi connectivity index (χ4n) is 3.71. The number of amides is 1. The third kappa shape index (κ3) is 4.11. The molecule has 0 aliphatic carbocycles. The molecule has 0 saturated heterocycles. The third-order valence-electron chi connectivity index (χ3n) is 5.30. The van der Waals surface area contributed by atoms with Gasteiger partial charge in [-0.25, -0.2) is 4.98 Å². The van der Waals surface area contributed by atoms with E-state index in [2.05, 4.69) is 22.4 Å². The summed E-state index contributed by atoms with van der Waals surface area (Å²) in [6, 6.07) is 0. The van der Waals surface area contributed by atoms with Crippen LogP contribution >= 0.6 is 22.7 Å². The normalized spacial score (nSPS) is 14.0. The Kier molecular flexibility index (Phi) is 6.05. The van der Waals surface area contributed by atoms with E-state index in [-0.39, 0.29) is 11.5 Å². The molecule has 0 saturated carbocycles. The van der Waals surface area contributed by atoms with Crippen LogP contribution in [0.4, 0.5) is 5.13 Å². The quantitative estimate of drug-likeness (QED) is 0.587. The highest BCUT2D eigenvalue weighted by atomic mass is 32.1. The summed E-state index contributed by atoms with van der Waals surface area (Å²) in [4.78, 5) is 31.8. The van der Waals surface area contributed by atoms with E-state index in [0.717, 1.165) is 62.2 Å². The summed E-state index contributed by atoms with van der Waals surface area (Å²) >= 11 is 2.70. The first kappa shape index (κ1) is 20.2.